The van der Waals surface area contributed by atoms with Crippen molar-refractivity contribution in [3.05, 3.63) is 60.2 Å². The molecular weight excluding hydrogens is 356 g/mol. The quantitative estimate of drug-likeness (QED) is 0.799. The molecule has 0 aliphatic carbocycles. The molecule has 1 aliphatic heterocycles. The summed E-state index contributed by atoms with van der Waals surface area (Å²) in [6, 6.07) is 17.3. The minimum atomic E-state index is -0.0599. The Balaban J connectivity index is 1.47. The number of rotatable bonds is 7. The van der Waals surface area contributed by atoms with Gasteiger partial charge in [0, 0.05) is 32.7 Å². The van der Waals surface area contributed by atoms with E-state index in [4.69, 9.17) is 9.47 Å². The number of benzene rings is 2. The summed E-state index contributed by atoms with van der Waals surface area (Å²) in [6.07, 6.45) is 1.36. The average Bonchev–Trinajstić information content (AvgIpc) is 2.73. The minimum absolute atomic E-state index is 0.0170. The number of para-hydroxylation sites is 1. The maximum Gasteiger partial charge on any atom is 0.248 e. The van der Waals surface area contributed by atoms with E-state index in [0.29, 0.717) is 32.5 Å². The molecule has 0 saturated carbocycles. The number of ether oxygens (including phenoxy) is 2. The number of nitrogens with one attached hydrogen (secondary N) is 1. The predicted octanol–water partition coefficient (Wildman–Crippen LogP) is 2.98. The van der Waals surface area contributed by atoms with Crippen molar-refractivity contribution < 1.29 is 19.1 Å². The van der Waals surface area contributed by atoms with Gasteiger partial charge < -0.3 is 19.7 Å². The van der Waals surface area contributed by atoms with Gasteiger partial charge in [0.25, 0.3) is 0 Å². The van der Waals surface area contributed by atoms with E-state index in [0.717, 1.165) is 17.1 Å². The number of piperidine rings is 1. The highest BCUT2D eigenvalue weighted by molar-refractivity contribution is 5.80. The summed E-state index contributed by atoms with van der Waals surface area (Å²) in [4.78, 5) is 26.1. The molecule has 1 fully saturated rings. The highest BCUT2D eigenvalue weighted by Gasteiger charge is 2.26. The standard InChI is InChI=1S/C22H26N2O4/c1-27-16-21(25)24-12-10-18(11-13-24)22(26)23-15-17-6-5-9-20(14-17)28-19-7-3-2-4-8-19/h2-9,14,18H,10-13,15-16H2,1H3,(H,23,26). The molecule has 6 heteroatoms. The third-order valence-electron chi connectivity index (χ3n) is 4.83. The number of amides is 2. The normalized spacial score (nSPS) is 14.5. The van der Waals surface area contributed by atoms with Gasteiger partial charge >= 0.3 is 0 Å². The van der Waals surface area contributed by atoms with Gasteiger partial charge in [-0.05, 0) is 42.7 Å². The van der Waals surface area contributed by atoms with E-state index >= 15 is 0 Å². The lowest BCUT2D eigenvalue weighted by Crippen LogP contribution is -2.44. The van der Waals surface area contributed by atoms with E-state index in [2.05, 4.69) is 5.32 Å². The first-order chi connectivity index (χ1) is 13.7. The fraction of sp³-hybridized carbons (Fsp3) is 0.364. The first kappa shape index (κ1) is 19.9. The topological polar surface area (TPSA) is 67.9 Å². The second kappa shape index (κ2) is 9.90. The molecule has 2 amide bonds. The summed E-state index contributed by atoms with van der Waals surface area (Å²) in [6.45, 7) is 1.74. The Kier molecular flexibility index (Phi) is 7.03. The van der Waals surface area contributed by atoms with E-state index in [1.165, 1.54) is 7.11 Å². The highest BCUT2D eigenvalue weighted by Crippen LogP contribution is 2.22. The van der Waals surface area contributed by atoms with E-state index in [-0.39, 0.29) is 24.3 Å². The fourth-order valence-electron chi connectivity index (χ4n) is 3.28. The lowest BCUT2D eigenvalue weighted by molar-refractivity contribution is -0.138. The van der Waals surface area contributed by atoms with Gasteiger partial charge in [0.1, 0.15) is 18.1 Å². The molecule has 28 heavy (non-hydrogen) atoms. The van der Waals surface area contributed by atoms with Crippen molar-refractivity contribution in [3.63, 3.8) is 0 Å². The molecule has 6 nitrogen and oxygen atoms in total. The first-order valence-electron chi connectivity index (χ1n) is 9.52. The summed E-state index contributed by atoms with van der Waals surface area (Å²) in [5.41, 5.74) is 0.981. The molecule has 0 radical (unpaired) electrons. The van der Waals surface area contributed by atoms with Gasteiger partial charge in [0.2, 0.25) is 11.8 Å². The second-order valence-electron chi connectivity index (χ2n) is 6.87. The summed E-state index contributed by atoms with van der Waals surface area (Å²) in [5.74, 6) is 1.47. The zero-order valence-electron chi connectivity index (χ0n) is 16.1. The third-order valence-corrected chi connectivity index (χ3v) is 4.83. The van der Waals surface area contributed by atoms with Crippen molar-refractivity contribution >= 4 is 11.8 Å². The molecule has 2 aromatic carbocycles. The van der Waals surface area contributed by atoms with Gasteiger partial charge in [-0.15, -0.1) is 0 Å². The molecule has 0 spiro atoms. The number of hydrogen-bond donors (Lipinski definition) is 1. The van der Waals surface area contributed by atoms with Gasteiger partial charge in [0.05, 0.1) is 0 Å². The van der Waals surface area contributed by atoms with Crippen molar-refractivity contribution in [2.75, 3.05) is 26.8 Å². The monoisotopic (exact) mass is 382 g/mol. The first-order valence-corrected chi connectivity index (χ1v) is 9.52. The SMILES string of the molecule is COCC(=O)N1CCC(C(=O)NCc2cccc(Oc3ccccc3)c2)CC1. The van der Waals surface area contributed by atoms with E-state index < -0.39 is 0 Å². The van der Waals surface area contributed by atoms with Crippen molar-refractivity contribution in [2.24, 2.45) is 5.92 Å². The molecule has 3 rings (SSSR count). The van der Waals surface area contributed by atoms with E-state index in [9.17, 15) is 9.59 Å². The third kappa shape index (κ3) is 5.57. The van der Waals surface area contributed by atoms with Crippen LogP contribution in [0.4, 0.5) is 0 Å². The van der Waals surface area contributed by atoms with Gasteiger partial charge in [-0.1, -0.05) is 30.3 Å². The molecule has 0 aromatic heterocycles. The van der Waals surface area contributed by atoms with Crippen LogP contribution in [-0.2, 0) is 20.9 Å². The fourth-order valence-corrected chi connectivity index (χ4v) is 3.28. The Bertz CT molecular complexity index is 786. The zero-order chi connectivity index (χ0) is 19.8. The Morgan fingerprint density at radius 1 is 1.04 bits per heavy atom. The van der Waals surface area contributed by atoms with E-state index in [1.807, 2.05) is 54.6 Å². The van der Waals surface area contributed by atoms with Crippen LogP contribution in [0.25, 0.3) is 0 Å². The second-order valence-corrected chi connectivity index (χ2v) is 6.87. The van der Waals surface area contributed by atoms with Crippen LogP contribution in [0.5, 0.6) is 11.5 Å². The van der Waals surface area contributed by atoms with Gasteiger partial charge in [-0.3, -0.25) is 9.59 Å². The number of carbonyl (C=O) groups excluding carboxylic acids is 2. The van der Waals surface area contributed by atoms with Crippen LogP contribution in [0, 0.1) is 5.92 Å². The Labute approximate surface area is 165 Å². The molecule has 0 atom stereocenters. The molecule has 1 aliphatic rings. The molecule has 148 valence electrons. The average molecular weight is 382 g/mol. The van der Waals surface area contributed by atoms with Crippen molar-refractivity contribution in [3.8, 4) is 11.5 Å². The van der Waals surface area contributed by atoms with Crippen LogP contribution in [0.15, 0.2) is 54.6 Å². The minimum Gasteiger partial charge on any atom is -0.457 e. The largest absolute Gasteiger partial charge is 0.457 e. The predicted molar refractivity (Wildman–Crippen MR) is 106 cm³/mol. The summed E-state index contributed by atoms with van der Waals surface area (Å²) < 4.78 is 10.7. The van der Waals surface area contributed by atoms with Crippen molar-refractivity contribution in [1.29, 1.82) is 0 Å². The zero-order valence-corrected chi connectivity index (χ0v) is 16.1. The molecule has 2 aromatic rings. The van der Waals surface area contributed by atoms with Crippen LogP contribution in [0.1, 0.15) is 18.4 Å². The number of likely N-dealkylation sites (tertiary alicyclic amines) is 1. The van der Waals surface area contributed by atoms with Crippen molar-refractivity contribution in [1.82, 2.24) is 10.2 Å². The summed E-state index contributed by atoms with van der Waals surface area (Å²) >= 11 is 0. The lowest BCUT2D eigenvalue weighted by atomic mass is 9.96. The lowest BCUT2D eigenvalue weighted by Gasteiger charge is -2.31. The van der Waals surface area contributed by atoms with Crippen LogP contribution < -0.4 is 10.1 Å². The maximum absolute atomic E-state index is 12.5. The Morgan fingerprint density at radius 3 is 2.46 bits per heavy atom. The molecule has 0 bridgehead atoms. The molecule has 1 heterocycles. The summed E-state index contributed by atoms with van der Waals surface area (Å²) in [7, 11) is 1.51. The Morgan fingerprint density at radius 2 is 1.75 bits per heavy atom. The molecular formula is C22H26N2O4. The van der Waals surface area contributed by atoms with Crippen LogP contribution >= 0.6 is 0 Å². The molecule has 1 N–H and O–H groups in total. The Hall–Kier alpha value is -2.86. The smallest absolute Gasteiger partial charge is 0.248 e. The number of methoxy groups -OCH3 is 1. The molecule has 1 saturated heterocycles. The highest BCUT2D eigenvalue weighted by atomic mass is 16.5. The maximum atomic E-state index is 12.5. The van der Waals surface area contributed by atoms with Crippen LogP contribution in [0.2, 0.25) is 0 Å². The van der Waals surface area contributed by atoms with Gasteiger partial charge in [-0.25, -0.2) is 0 Å². The van der Waals surface area contributed by atoms with Crippen LogP contribution in [0.3, 0.4) is 0 Å². The summed E-state index contributed by atoms with van der Waals surface area (Å²) in [5, 5.41) is 3.01. The molecule has 0 unspecified atom stereocenters. The van der Waals surface area contributed by atoms with Crippen molar-refractivity contribution in [2.45, 2.75) is 19.4 Å². The van der Waals surface area contributed by atoms with Gasteiger partial charge in [0.15, 0.2) is 0 Å². The number of hydrogen-bond acceptors (Lipinski definition) is 4. The van der Waals surface area contributed by atoms with Gasteiger partial charge in [-0.2, -0.15) is 0 Å². The van der Waals surface area contributed by atoms with Crippen LogP contribution in [-0.4, -0.2) is 43.5 Å². The number of nitrogens with zero attached hydrogens (tertiary/aromatic N) is 1. The number of carbonyl (C=O) groups is 2. The van der Waals surface area contributed by atoms with E-state index in [1.54, 1.807) is 4.90 Å².